The molecule has 0 unspecified atom stereocenters. The number of amides is 1. The Morgan fingerprint density at radius 2 is 2.12 bits per heavy atom. The highest BCUT2D eigenvalue weighted by Gasteiger charge is 2.29. The van der Waals surface area contributed by atoms with Crippen molar-refractivity contribution >= 4 is 11.7 Å². The van der Waals surface area contributed by atoms with Crippen LogP contribution < -0.4 is 4.90 Å². The van der Waals surface area contributed by atoms with Gasteiger partial charge in [-0.05, 0) is 37.8 Å². The van der Waals surface area contributed by atoms with Gasteiger partial charge < -0.3 is 9.80 Å². The molecule has 1 aliphatic carbocycles. The number of hydrogen-bond acceptors (Lipinski definition) is 4. The van der Waals surface area contributed by atoms with Crippen molar-refractivity contribution in [1.82, 2.24) is 19.7 Å². The molecule has 1 fully saturated rings. The van der Waals surface area contributed by atoms with Crippen molar-refractivity contribution in [3.63, 3.8) is 0 Å². The first-order valence-electron chi connectivity index (χ1n) is 9.16. The van der Waals surface area contributed by atoms with Crippen LogP contribution in [-0.4, -0.2) is 45.2 Å². The van der Waals surface area contributed by atoms with Crippen LogP contribution in [0.1, 0.15) is 30.5 Å². The lowest BCUT2D eigenvalue weighted by molar-refractivity contribution is -0.132. The Morgan fingerprint density at radius 1 is 1.24 bits per heavy atom. The maximum Gasteiger partial charge on any atom is 0.223 e. The van der Waals surface area contributed by atoms with Gasteiger partial charge in [0.05, 0.1) is 6.54 Å². The molecule has 0 spiro atoms. The molecule has 1 amide bonds. The molecular formula is C19H25N5O. The summed E-state index contributed by atoms with van der Waals surface area (Å²) in [7, 11) is 0. The maximum atomic E-state index is 12.6. The second-order valence-corrected chi connectivity index (χ2v) is 7.15. The third kappa shape index (κ3) is 3.83. The van der Waals surface area contributed by atoms with Gasteiger partial charge in [-0.3, -0.25) is 9.48 Å². The van der Waals surface area contributed by atoms with Crippen LogP contribution in [0.4, 0.5) is 5.82 Å². The maximum absolute atomic E-state index is 12.6. The highest BCUT2D eigenvalue weighted by Crippen LogP contribution is 2.33. The predicted molar refractivity (Wildman–Crippen MR) is 96.2 cm³/mol. The van der Waals surface area contributed by atoms with E-state index in [-0.39, 0.29) is 0 Å². The Kier molecular flexibility index (Phi) is 4.42. The third-order valence-electron chi connectivity index (χ3n) is 5.07. The smallest absolute Gasteiger partial charge is 0.223 e. The molecule has 6 heteroatoms. The van der Waals surface area contributed by atoms with E-state index in [4.69, 9.17) is 4.98 Å². The number of aromatic nitrogens is 3. The lowest BCUT2D eigenvalue weighted by Gasteiger charge is -2.24. The molecule has 4 rings (SSSR count). The van der Waals surface area contributed by atoms with E-state index in [2.05, 4.69) is 16.1 Å². The number of hydrogen-bond donors (Lipinski definition) is 0. The number of carbonyl (C=O) groups is 1. The quantitative estimate of drug-likeness (QED) is 0.838. The molecule has 0 bridgehead atoms. The summed E-state index contributed by atoms with van der Waals surface area (Å²) in [5.41, 5.74) is 2.16. The topological polar surface area (TPSA) is 54.3 Å². The van der Waals surface area contributed by atoms with Crippen LogP contribution in [0.3, 0.4) is 0 Å². The summed E-state index contributed by atoms with van der Waals surface area (Å²) in [6.45, 7) is 5.94. The first-order valence-corrected chi connectivity index (χ1v) is 9.16. The van der Waals surface area contributed by atoms with Gasteiger partial charge in [0.15, 0.2) is 0 Å². The Morgan fingerprint density at radius 3 is 2.88 bits per heavy atom. The molecule has 2 aromatic heterocycles. The van der Waals surface area contributed by atoms with Crippen molar-refractivity contribution in [1.29, 1.82) is 0 Å². The first kappa shape index (κ1) is 16.1. The Labute approximate surface area is 148 Å². The molecular weight excluding hydrogens is 314 g/mol. The van der Waals surface area contributed by atoms with Crippen LogP contribution in [0.15, 0.2) is 30.6 Å². The highest BCUT2D eigenvalue weighted by molar-refractivity contribution is 5.77. The van der Waals surface area contributed by atoms with Crippen molar-refractivity contribution < 1.29 is 4.79 Å². The van der Waals surface area contributed by atoms with Gasteiger partial charge in [0.25, 0.3) is 0 Å². The van der Waals surface area contributed by atoms with Gasteiger partial charge in [-0.15, -0.1) is 0 Å². The van der Waals surface area contributed by atoms with E-state index in [0.29, 0.717) is 24.8 Å². The molecule has 3 heterocycles. The zero-order valence-corrected chi connectivity index (χ0v) is 14.8. The number of nitrogens with zero attached hydrogens (tertiary/aromatic N) is 5. The first-order chi connectivity index (χ1) is 12.2. The number of anilines is 1. The van der Waals surface area contributed by atoms with E-state index in [0.717, 1.165) is 43.3 Å². The van der Waals surface area contributed by atoms with Gasteiger partial charge in [0, 0.05) is 56.3 Å². The standard InChI is InChI=1S/C19H25N5O/c1-15-3-6-17-14-23(18(25)13-16-4-5-16)10-9-22(19(17)21-15)11-12-24-8-2-7-20-24/h2-3,6-8,16H,4-5,9-14H2,1H3. The van der Waals surface area contributed by atoms with Gasteiger partial charge in [-0.2, -0.15) is 5.10 Å². The Balaban J connectivity index is 1.52. The molecule has 6 nitrogen and oxygen atoms in total. The molecule has 132 valence electrons. The van der Waals surface area contributed by atoms with Gasteiger partial charge in [0.2, 0.25) is 5.91 Å². The van der Waals surface area contributed by atoms with Crippen LogP contribution in [0, 0.1) is 12.8 Å². The van der Waals surface area contributed by atoms with Crippen LogP contribution >= 0.6 is 0 Å². The summed E-state index contributed by atoms with van der Waals surface area (Å²) < 4.78 is 1.94. The molecule has 2 aliphatic rings. The van der Waals surface area contributed by atoms with Crippen molar-refractivity contribution in [3.8, 4) is 0 Å². The summed E-state index contributed by atoms with van der Waals surface area (Å²) in [6, 6.07) is 6.11. The van der Waals surface area contributed by atoms with E-state index >= 15 is 0 Å². The Bertz CT molecular complexity index is 738. The molecule has 0 aromatic carbocycles. The van der Waals surface area contributed by atoms with Crippen LogP contribution in [-0.2, 0) is 17.9 Å². The predicted octanol–water partition coefficient (Wildman–Crippen LogP) is 2.24. The summed E-state index contributed by atoms with van der Waals surface area (Å²) in [4.78, 5) is 21.7. The second-order valence-electron chi connectivity index (χ2n) is 7.15. The monoisotopic (exact) mass is 339 g/mol. The molecule has 1 aliphatic heterocycles. The molecule has 0 atom stereocenters. The second kappa shape index (κ2) is 6.86. The van der Waals surface area contributed by atoms with E-state index in [9.17, 15) is 4.79 Å². The van der Waals surface area contributed by atoms with Crippen molar-refractivity contribution in [2.24, 2.45) is 5.92 Å². The van der Waals surface area contributed by atoms with Gasteiger partial charge in [0.1, 0.15) is 5.82 Å². The number of carbonyl (C=O) groups excluding carboxylic acids is 1. The van der Waals surface area contributed by atoms with Crippen LogP contribution in [0.2, 0.25) is 0 Å². The van der Waals surface area contributed by atoms with Crippen LogP contribution in [0.5, 0.6) is 0 Å². The zero-order chi connectivity index (χ0) is 17.2. The lowest BCUT2D eigenvalue weighted by atomic mass is 10.2. The number of pyridine rings is 1. The van der Waals surface area contributed by atoms with E-state index in [1.165, 1.54) is 12.8 Å². The minimum atomic E-state index is 0.294. The van der Waals surface area contributed by atoms with Crippen molar-refractivity contribution in [2.75, 3.05) is 24.5 Å². The van der Waals surface area contributed by atoms with E-state index in [1.54, 1.807) is 6.20 Å². The summed E-state index contributed by atoms with van der Waals surface area (Å²) in [5.74, 6) is 1.94. The molecule has 0 saturated heterocycles. The molecule has 0 radical (unpaired) electrons. The van der Waals surface area contributed by atoms with E-state index < -0.39 is 0 Å². The molecule has 0 N–H and O–H groups in total. The minimum Gasteiger partial charge on any atom is -0.353 e. The van der Waals surface area contributed by atoms with Gasteiger partial charge in [-0.1, -0.05) is 6.07 Å². The molecule has 25 heavy (non-hydrogen) atoms. The van der Waals surface area contributed by atoms with Crippen LogP contribution in [0.25, 0.3) is 0 Å². The fraction of sp³-hybridized carbons (Fsp3) is 0.526. The largest absolute Gasteiger partial charge is 0.353 e. The van der Waals surface area contributed by atoms with E-state index in [1.807, 2.05) is 34.8 Å². The van der Waals surface area contributed by atoms with Gasteiger partial charge >= 0.3 is 0 Å². The fourth-order valence-corrected chi connectivity index (χ4v) is 3.39. The average molecular weight is 339 g/mol. The lowest BCUT2D eigenvalue weighted by Crippen LogP contribution is -2.36. The third-order valence-corrected chi connectivity index (χ3v) is 5.07. The molecule has 2 aromatic rings. The van der Waals surface area contributed by atoms with Gasteiger partial charge in [-0.25, -0.2) is 4.98 Å². The SMILES string of the molecule is Cc1ccc2c(n1)N(CCn1cccn1)CCN(C(=O)CC1CC1)C2. The number of fused-ring (bicyclic) bond motifs is 1. The number of rotatable bonds is 5. The summed E-state index contributed by atoms with van der Waals surface area (Å²) in [6.07, 6.45) is 6.92. The summed E-state index contributed by atoms with van der Waals surface area (Å²) in [5, 5.41) is 4.29. The van der Waals surface area contributed by atoms with Crippen molar-refractivity contribution in [3.05, 3.63) is 41.9 Å². The average Bonchev–Trinajstić information content (AvgIpc) is 3.30. The summed E-state index contributed by atoms with van der Waals surface area (Å²) >= 11 is 0. The number of aryl methyl sites for hydroxylation is 1. The normalized spacial score (nSPS) is 17.3. The highest BCUT2D eigenvalue weighted by atomic mass is 16.2. The molecule has 1 saturated carbocycles. The fourth-order valence-electron chi connectivity index (χ4n) is 3.39. The van der Waals surface area contributed by atoms with Crippen molar-refractivity contribution in [2.45, 2.75) is 39.3 Å². The minimum absolute atomic E-state index is 0.294. The zero-order valence-electron chi connectivity index (χ0n) is 14.8. The Hall–Kier alpha value is -2.37.